The number of hydrogen-bond acceptors (Lipinski definition) is 3. The van der Waals surface area contributed by atoms with Crippen LogP contribution in [-0.4, -0.2) is 44.0 Å². The molecule has 3 nitrogen and oxygen atoms in total. The highest BCUT2D eigenvalue weighted by molar-refractivity contribution is 5.76. The summed E-state index contributed by atoms with van der Waals surface area (Å²) in [5, 5.41) is 0. The zero-order valence-corrected chi connectivity index (χ0v) is 9.79. The van der Waals surface area contributed by atoms with E-state index in [0.29, 0.717) is 11.7 Å². The molecule has 2 saturated heterocycles. The zero-order valence-electron chi connectivity index (χ0n) is 9.79. The first kappa shape index (κ1) is 11.1. The third-order valence-corrected chi connectivity index (χ3v) is 3.96. The van der Waals surface area contributed by atoms with Crippen LogP contribution in [0.1, 0.15) is 26.2 Å². The summed E-state index contributed by atoms with van der Waals surface area (Å²) in [7, 11) is 2.17. The van der Waals surface area contributed by atoms with Gasteiger partial charge in [-0.2, -0.15) is 0 Å². The lowest BCUT2D eigenvalue weighted by molar-refractivity contribution is -0.165. The first-order valence-electron chi connectivity index (χ1n) is 5.88. The van der Waals surface area contributed by atoms with Crippen molar-refractivity contribution in [3.63, 3.8) is 0 Å². The molecular formula is C12H21NO2. The highest BCUT2D eigenvalue weighted by Gasteiger charge is 2.46. The number of ketones is 1. The van der Waals surface area contributed by atoms with Crippen LogP contribution >= 0.6 is 0 Å². The van der Waals surface area contributed by atoms with Gasteiger partial charge in [0.1, 0.15) is 5.78 Å². The molecule has 86 valence electrons. The summed E-state index contributed by atoms with van der Waals surface area (Å²) in [5.74, 6) is 1.02. The molecule has 2 fully saturated rings. The fraction of sp³-hybridized carbons (Fsp3) is 0.917. The molecule has 0 atom stereocenters. The van der Waals surface area contributed by atoms with Gasteiger partial charge in [-0.15, -0.1) is 0 Å². The summed E-state index contributed by atoms with van der Waals surface area (Å²) in [6, 6.07) is 0. The maximum Gasteiger partial charge on any atom is 0.130 e. The molecule has 0 aromatic carbocycles. The number of rotatable bonds is 3. The molecular weight excluding hydrogens is 190 g/mol. The van der Waals surface area contributed by atoms with Crippen molar-refractivity contribution in [2.45, 2.75) is 26.2 Å². The van der Waals surface area contributed by atoms with E-state index in [-0.39, 0.29) is 5.41 Å². The van der Waals surface area contributed by atoms with Crippen LogP contribution in [0.2, 0.25) is 0 Å². The van der Waals surface area contributed by atoms with Crippen molar-refractivity contribution in [2.75, 3.05) is 33.4 Å². The average molecular weight is 211 g/mol. The fourth-order valence-electron chi connectivity index (χ4n) is 2.96. The molecule has 3 heteroatoms. The van der Waals surface area contributed by atoms with Crippen LogP contribution in [0.4, 0.5) is 0 Å². The van der Waals surface area contributed by atoms with Gasteiger partial charge in [-0.1, -0.05) is 0 Å². The van der Waals surface area contributed by atoms with Gasteiger partial charge in [0.05, 0.1) is 13.2 Å². The SMILES string of the molecule is CC(=O)CC1(C2CCN(C)CC2)COC1. The Morgan fingerprint density at radius 2 is 2.00 bits per heavy atom. The van der Waals surface area contributed by atoms with Crippen LogP contribution < -0.4 is 0 Å². The van der Waals surface area contributed by atoms with Gasteiger partial charge in [0.2, 0.25) is 0 Å². The van der Waals surface area contributed by atoms with E-state index in [0.717, 1.165) is 19.6 Å². The van der Waals surface area contributed by atoms with Crippen molar-refractivity contribution >= 4 is 5.78 Å². The lowest BCUT2D eigenvalue weighted by Crippen LogP contribution is -2.52. The van der Waals surface area contributed by atoms with Gasteiger partial charge in [-0.3, -0.25) is 0 Å². The first-order valence-corrected chi connectivity index (χ1v) is 5.88. The number of hydrogen-bond donors (Lipinski definition) is 0. The molecule has 15 heavy (non-hydrogen) atoms. The third kappa shape index (κ3) is 2.23. The molecule has 0 unspecified atom stereocenters. The van der Waals surface area contributed by atoms with Crippen LogP contribution in [0.5, 0.6) is 0 Å². The van der Waals surface area contributed by atoms with Crippen LogP contribution in [0.25, 0.3) is 0 Å². The van der Waals surface area contributed by atoms with E-state index in [2.05, 4.69) is 11.9 Å². The Morgan fingerprint density at radius 3 is 2.40 bits per heavy atom. The van der Waals surface area contributed by atoms with Gasteiger partial charge >= 0.3 is 0 Å². The number of likely N-dealkylation sites (tertiary alicyclic amines) is 1. The molecule has 2 rings (SSSR count). The summed E-state index contributed by atoms with van der Waals surface area (Å²) < 4.78 is 5.35. The molecule has 0 bridgehead atoms. The molecule has 0 aliphatic carbocycles. The summed E-state index contributed by atoms with van der Waals surface area (Å²) in [5.41, 5.74) is 0.201. The molecule has 0 aromatic heterocycles. The Morgan fingerprint density at radius 1 is 1.40 bits per heavy atom. The van der Waals surface area contributed by atoms with Gasteiger partial charge in [0.15, 0.2) is 0 Å². The maximum absolute atomic E-state index is 11.3. The van der Waals surface area contributed by atoms with Gasteiger partial charge in [-0.05, 0) is 45.8 Å². The highest BCUT2D eigenvalue weighted by Crippen LogP contribution is 2.44. The number of ether oxygens (including phenoxy) is 1. The Hall–Kier alpha value is -0.410. The number of carbonyl (C=O) groups excluding carboxylic acids is 1. The molecule has 0 spiro atoms. The molecule has 2 heterocycles. The van der Waals surface area contributed by atoms with E-state index < -0.39 is 0 Å². The fourth-order valence-corrected chi connectivity index (χ4v) is 2.96. The zero-order chi connectivity index (χ0) is 10.9. The minimum atomic E-state index is 0.201. The number of carbonyl (C=O) groups is 1. The molecule has 0 saturated carbocycles. The second kappa shape index (κ2) is 4.22. The van der Waals surface area contributed by atoms with Crippen molar-refractivity contribution in [2.24, 2.45) is 11.3 Å². The van der Waals surface area contributed by atoms with Gasteiger partial charge in [-0.25, -0.2) is 0 Å². The summed E-state index contributed by atoms with van der Waals surface area (Å²) in [6.07, 6.45) is 3.18. The Labute approximate surface area is 91.8 Å². The lowest BCUT2D eigenvalue weighted by Gasteiger charge is -2.49. The third-order valence-electron chi connectivity index (χ3n) is 3.96. The predicted octanol–water partition coefficient (Wildman–Crippen LogP) is 1.32. The van der Waals surface area contributed by atoms with Crippen LogP contribution in [0, 0.1) is 11.3 Å². The van der Waals surface area contributed by atoms with E-state index in [1.165, 1.54) is 25.9 Å². The highest BCUT2D eigenvalue weighted by atomic mass is 16.5. The summed E-state index contributed by atoms with van der Waals surface area (Å²) in [4.78, 5) is 13.7. The Balaban J connectivity index is 1.97. The standard InChI is InChI=1S/C12H21NO2/c1-10(14)7-12(8-15-9-12)11-3-5-13(2)6-4-11/h11H,3-9H2,1-2H3. The Bertz CT molecular complexity index is 240. The van der Waals surface area contributed by atoms with Crippen molar-refractivity contribution in [3.8, 4) is 0 Å². The van der Waals surface area contributed by atoms with Crippen LogP contribution in [0.3, 0.4) is 0 Å². The normalized spacial score (nSPS) is 27.3. The van der Waals surface area contributed by atoms with Crippen molar-refractivity contribution in [3.05, 3.63) is 0 Å². The van der Waals surface area contributed by atoms with Crippen molar-refractivity contribution in [1.29, 1.82) is 0 Å². The Kier molecular flexibility index (Phi) is 3.12. The van der Waals surface area contributed by atoms with Crippen LogP contribution in [0.15, 0.2) is 0 Å². The molecule has 2 aliphatic rings. The smallest absolute Gasteiger partial charge is 0.130 e. The number of piperidine rings is 1. The molecule has 0 amide bonds. The van der Waals surface area contributed by atoms with Crippen molar-refractivity contribution < 1.29 is 9.53 Å². The molecule has 0 radical (unpaired) electrons. The molecule has 0 N–H and O–H groups in total. The minimum absolute atomic E-state index is 0.201. The lowest BCUT2D eigenvalue weighted by atomic mass is 9.67. The molecule has 0 aromatic rings. The maximum atomic E-state index is 11.3. The second-order valence-electron chi connectivity index (χ2n) is 5.31. The summed E-state index contributed by atoms with van der Waals surface area (Å²) >= 11 is 0. The number of Topliss-reactive ketones (excluding diaryl/α,β-unsaturated/α-hetero) is 1. The van der Waals surface area contributed by atoms with Gasteiger partial charge in [0, 0.05) is 11.8 Å². The molecule has 2 aliphatic heterocycles. The summed E-state index contributed by atoms with van der Waals surface area (Å²) in [6.45, 7) is 5.66. The largest absolute Gasteiger partial charge is 0.380 e. The monoisotopic (exact) mass is 211 g/mol. The van der Waals surface area contributed by atoms with Gasteiger partial charge in [0.25, 0.3) is 0 Å². The van der Waals surface area contributed by atoms with E-state index in [1.54, 1.807) is 6.92 Å². The van der Waals surface area contributed by atoms with Crippen molar-refractivity contribution in [1.82, 2.24) is 4.90 Å². The van der Waals surface area contributed by atoms with E-state index in [9.17, 15) is 4.79 Å². The van der Waals surface area contributed by atoms with Crippen LogP contribution in [-0.2, 0) is 9.53 Å². The average Bonchev–Trinajstić information content (AvgIpc) is 2.13. The van der Waals surface area contributed by atoms with Gasteiger partial charge < -0.3 is 14.4 Å². The van der Waals surface area contributed by atoms with E-state index >= 15 is 0 Å². The van der Waals surface area contributed by atoms with E-state index in [1.807, 2.05) is 0 Å². The second-order valence-corrected chi connectivity index (χ2v) is 5.31. The predicted molar refractivity (Wildman–Crippen MR) is 58.8 cm³/mol. The quantitative estimate of drug-likeness (QED) is 0.705. The first-order chi connectivity index (χ1) is 7.12. The topological polar surface area (TPSA) is 29.5 Å². The van der Waals surface area contributed by atoms with E-state index in [4.69, 9.17) is 4.74 Å². The minimum Gasteiger partial charge on any atom is -0.380 e. The number of nitrogens with zero attached hydrogens (tertiary/aromatic N) is 1.